The van der Waals surface area contributed by atoms with E-state index >= 15 is 0 Å². The van der Waals surface area contributed by atoms with E-state index in [1.54, 1.807) is 12.8 Å². The molecule has 4 aliphatic rings. The van der Waals surface area contributed by atoms with Gasteiger partial charge in [-0.2, -0.15) is 0 Å². The van der Waals surface area contributed by atoms with Gasteiger partial charge in [-0.25, -0.2) is 0 Å². The van der Waals surface area contributed by atoms with Gasteiger partial charge in [0.1, 0.15) is 0 Å². The minimum atomic E-state index is 0.781. The van der Waals surface area contributed by atoms with Crippen molar-refractivity contribution in [3.63, 3.8) is 0 Å². The lowest BCUT2D eigenvalue weighted by Gasteiger charge is -2.57. The van der Waals surface area contributed by atoms with Gasteiger partial charge in [0.25, 0.3) is 0 Å². The lowest BCUT2D eigenvalue weighted by Crippen LogP contribution is -2.58. The lowest BCUT2D eigenvalue weighted by molar-refractivity contribution is -0.0530. The summed E-state index contributed by atoms with van der Waals surface area (Å²) in [5, 5.41) is 3.62. The van der Waals surface area contributed by atoms with Crippen molar-refractivity contribution in [2.24, 2.45) is 17.3 Å². The van der Waals surface area contributed by atoms with E-state index in [1.165, 1.54) is 45.2 Å². The normalized spacial score (nSPS) is 45.7. The predicted octanol–water partition coefficient (Wildman–Crippen LogP) is 2.57. The minimum Gasteiger partial charge on any atom is -0.316 e. The molecule has 2 saturated heterocycles. The van der Waals surface area contributed by atoms with Gasteiger partial charge in [-0.3, -0.25) is 0 Å². The van der Waals surface area contributed by atoms with Gasteiger partial charge in [-0.05, 0) is 49.5 Å². The Kier molecular flexibility index (Phi) is 1.90. The van der Waals surface area contributed by atoms with Gasteiger partial charge in [0.05, 0.1) is 0 Å². The van der Waals surface area contributed by atoms with Crippen molar-refractivity contribution < 1.29 is 0 Å². The molecular weight excluding hydrogens is 158 g/mol. The number of hydrogen-bond acceptors (Lipinski definition) is 1. The second-order valence-electron chi connectivity index (χ2n) is 5.60. The summed E-state index contributed by atoms with van der Waals surface area (Å²) < 4.78 is 0. The van der Waals surface area contributed by atoms with Crippen LogP contribution < -0.4 is 5.32 Å². The molecule has 0 atom stereocenters. The second-order valence-corrected chi connectivity index (χ2v) is 5.60. The zero-order valence-electron chi connectivity index (χ0n) is 8.52. The topological polar surface area (TPSA) is 12.0 Å². The first-order chi connectivity index (χ1) is 6.39. The Hall–Kier alpha value is -0.0400. The van der Waals surface area contributed by atoms with Crippen molar-refractivity contribution in [3.8, 4) is 0 Å². The summed E-state index contributed by atoms with van der Waals surface area (Å²) in [5.74, 6) is 2.14. The van der Waals surface area contributed by atoms with E-state index in [0.29, 0.717) is 0 Å². The van der Waals surface area contributed by atoms with Crippen LogP contribution in [-0.4, -0.2) is 13.1 Å². The fraction of sp³-hybridized carbons (Fsp3) is 1.00. The zero-order chi connectivity index (χ0) is 8.73. The number of rotatable bonds is 1. The van der Waals surface area contributed by atoms with E-state index in [1.807, 2.05) is 0 Å². The maximum atomic E-state index is 3.62. The smallest absolute Gasteiger partial charge is 0.00108 e. The third kappa shape index (κ3) is 1.24. The molecule has 0 aromatic heterocycles. The van der Waals surface area contributed by atoms with Crippen LogP contribution in [0.2, 0.25) is 0 Å². The molecule has 74 valence electrons. The van der Waals surface area contributed by atoms with Gasteiger partial charge >= 0.3 is 0 Å². The standard InChI is InChI=1S/C12H21N/c1-2-4-11(5-3-1)12-6-10(7-12)8-13-9-12/h10-11,13H,1-9H2. The molecule has 2 bridgehead atoms. The van der Waals surface area contributed by atoms with Crippen molar-refractivity contribution in [3.05, 3.63) is 0 Å². The third-order valence-electron chi connectivity index (χ3n) is 4.77. The molecule has 2 aliphatic carbocycles. The molecule has 0 spiro atoms. The highest BCUT2D eigenvalue weighted by Gasteiger charge is 2.51. The molecule has 1 nitrogen and oxygen atoms in total. The summed E-state index contributed by atoms with van der Waals surface area (Å²) in [7, 11) is 0. The SMILES string of the molecule is C1CCC(C23CNCC(C2)C3)CC1. The van der Waals surface area contributed by atoms with Gasteiger partial charge in [-0.1, -0.05) is 19.3 Å². The molecule has 0 unspecified atom stereocenters. The van der Waals surface area contributed by atoms with E-state index in [2.05, 4.69) is 5.32 Å². The molecule has 0 aromatic carbocycles. The van der Waals surface area contributed by atoms with E-state index in [4.69, 9.17) is 0 Å². The average molecular weight is 179 g/mol. The maximum Gasteiger partial charge on any atom is 0.00108 e. The molecule has 2 aliphatic heterocycles. The van der Waals surface area contributed by atoms with Crippen molar-refractivity contribution in [1.82, 2.24) is 5.32 Å². The number of fused-ring (bicyclic) bond motifs is 2. The van der Waals surface area contributed by atoms with Crippen LogP contribution in [0.25, 0.3) is 0 Å². The minimum absolute atomic E-state index is 0.781. The molecule has 2 heterocycles. The molecule has 0 amide bonds. The van der Waals surface area contributed by atoms with E-state index in [-0.39, 0.29) is 0 Å². The highest BCUT2D eigenvalue weighted by Crippen LogP contribution is 2.56. The first-order valence-electron chi connectivity index (χ1n) is 6.10. The average Bonchev–Trinajstić information content (AvgIpc) is 2.19. The second kappa shape index (κ2) is 2.98. The fourth-order valence-electron chi connectivity index (χ4n) is 4.10. The first-order valence-corrected chi connectivity index (χ1v) is 6.10. The number of hydrogen-bond donors (Lipinski definition) is 1. The van der Waals surface area contributed by atoms with Gasteiger partial charge < -0.3 is 5.32 Å². The summed E-state index contributed by atoms with van der Waals surface area (Å²) in [4.78, 5) is 0. The van der Waals surface area contributed by atoms with Crippen molar-refractivity contribution in [2.45, 2.75) is 44.9 Å². The van der Waals surface area contributed by atoms with Gasteiger partial charge in [0.2, 0.25) is 0 Å². The molecular formula is C12H21N. The summed E-state index contributed by atoms with van der Waals surface area (Å²) in [6.45, 7) is 2.66. The molecule has 13 heavy (non-hydrogen) atoms. The Bertz CT molecular complexity index is 182. The highest BCUT2D eigenvalue weighted by molar-refractivity contribution is 5.03. The van der Waals surface area contributed by atoms with Crippen LogP contribution in [0.3, 0.4) is 0 Å². The fourth-order valence-corrected chi connectivity index (χ4v) is 4.10. The van der Waals surface area contributed by atoms with Crippen LogP contribution in [0.5, 0.6) is 0 Å². The van der Waals surface area contributed by atoms with Crippen molar-refractivity contribution in [1.29, 1.82) is 0 Å². The quantitative estimate of drug-likeness (QED) is 0.652. The Morgan fingerprint density at radius 1 is 1.00 bits per heavy atom. The molecule has 1 heteroatoms. The molecule has 0 aromatic rings. The molecule has 1 N–H and O–H groups in total. The Labute approximate surface area is 81.3 Å². The van der Waals surface area contributed by atoms with Crippen molar-refractivity contribution >= 4 is 0 Å². The Morgan fingerprint density at radius 3 is 2.38 bits per heavy atom. The van der Waals surface area contributed by atoms with Crippen LogP contribution in [-0.2, 0) is 0 Å². The summed E-state index contributed by atoms with van der Waals surface area (Å²) in [6.07, 6.45) is 10.7. The summed E-state index contributed by atoms with van der Waals surface area (Å²) in [5.41, 5.74) is 0.781. The molecule has 0 radical (unpaired) electrons. The van der Waals surface area contributed by atoms with E-state index in [9.17, 15) is 0 Å². The largest absolute Gasteiger partial charge is 0.316 e. The van der Waals surface area contributed by atoms with E-state index in [0.717, 1.165) is 17.3 Å². The van der Waals surface area contributed by atoms with Crippen LogP contribution in [0, 0.1) is 17.3 Å². The van der Waals surface area contributed by atoms with Crippen LogP contribution in [0.15, 0.2) is 0 Å². The Morgan fingerprint density at radius 2 is 1.77 bits per heavy atom. The van der Waals surface area contributed by atoms with Crippen LogP contribution >= 0.6 is 0 Å². The van der Waals surface area contributed by atoms with Crippen molar-refractivity contribution in [2.75, 3.05) is 13.1 Å². The molecule has 4 rings (SSSR count). The lowest BCUT2D eigenvalue weighted by atomic mass is 9.51. The summed E-state index contributed by atoms with van der Waals surface area (Å²) in [6, 6.07) is 0. The maximum absolute atomic E-state index is 3.62. The summed E-state index contributed by atoms with van der Waals surface area (Å²) >= 11 is 0. The predicted molar refractivity (Wildman–Crippen MR) is 54.6 cm³/mol. The van der Waals surface area contributed by atoms with E-state index < -0.39 is 0 Å². The number of nitrogens with one attached hydrogen (secondary N) is 1. The first kappa shape index (κ1) is 8.28. The van der Waals surface area contributed by atoms with Gasteiger partial charge in [-0.15, -0.1) is 0 Å². The van der Waals surface area contributed by atoms with Crippen LogP contribution in [0.4, 0.5) is 0 Å². The van der Waals surface area contributed by atoms with Gasteiger partial charge in [0.15, 0.2) is 0 Å². The van der Waals surface area contributed by atoms with Crippen LogP contribution in [0.1, 0.15) is 44.9 Å². The molecule has 4 fully saturated rings. The van der Waals surface area contributed by atoms with Gasteiger partial charge in [0, 0.05) is 6.54 Å². The highest BCUT2D eigenvalue weighted by atomic mass is 14.9. The Balaban J connectivity index is 1.69. The monoisotopic (exact) mass is 179 g/mol. The zero-order valence-corrected chi connectivity index (χ0v) is 8.52. The molecule has 2 saturated carbocycles. The number of piperidine rings is 2. The third-order valence-corrected chi connectivity index (χ3v) is 4.77.